The first-order chi connectivity index (χ1) is 11.2. The minimum absolute atomic E-state index is 0.154. The van der Waals surface area contributed by atoms with Crippen molar-refractivity contribution >= 4 is 27.6 Å². The van der Waals surface area contributed by atoms with Crippen molar-refractivity contribution in [2.75, 3.05) is 24.5 Å². The molecule has 1 saturated heterocycles. The van der Waals surface area contributed by atoms with Gasteiger partial charge in [0.2, 0.25) is 15.9 Å². The number of fused-ring (bicyclic) bond motifs is 1. The van der Waals surface area contributed by atoms with Gasteiger partial charge in [0.25, 0.3) is 0 Å². The van der Waals surface area contributed by atoms with E-state index in [1.165, 1.54) is 27.4 Å². The van der Waals surface area contributed by atoms with Gasteiger partial charge in [-0.05, 0) is 50.5 Å². The zero-order valence-corrected chi connectivity index (χ0v) is 14.5. The van der Waals surface area contributed by atoms with E-state index in [1.54, 1.807) is 13.8 Å². The molecule has 0 bridgehead atoms. The zero-order valence-electron chi connectivity index (χ0n) is 13.7. The normalized spacial score (nSPS) is 20.4. The molecule has 0 aromatic heterocycles. The van der Waals surface area contributed by atoms with Gasteiger partial charge >= 0.3 is 5.97 Å². The Morgan fingerprint density at radius 1 is 1.25 bits per heavy atom. The number of anilines is 1. The van der Waals surface area contributed by atoms with Crippen molar-refractivity contribution in [1.82, 2.24) is 4.31 Å². The third-order valence-corrected chi connectivity index (χ3v) is 6.60. The lowest BCUT2D eigenvalue weighted by Gasteiger charge is -2.19. The number of nitrogens with zero attached hydrogens (tertiary/aromatic N) is 2. The van der Waals surface area contributed by atoms with E-state index in [0.29, 0.717) is 24.3 Å². The molecule has 1 N–H and O–H groups in total. The molecule has 0 unspecified atom stereocenters. The summed E-state index contributed by atoms with van der Waals surface area (Å²) in [6.07, 6.45) is 1.70. The molecule has 2 aliphatic heterocycles. The number of aliphatic carboxylic acids is 1. The summed E-state index contributed by atoms with van der Waals surface area (Å²) in [6, 6.07) is 4.51. The number of rotatable bonds is 4. The lowest BCUT2D eigenvalue weighted by molar-refractivity contribution is -0.137. The average Bonchev–Trinajstić information content (AvgIpc) is 3.11. The van der Waals surface area contributed by atoms with Crippen LogP contribution in [0, 0.1) is 0 Å². The minimum atomic E-state index is -3.58. The minimum Gasteiger partial charge on any atom is -0.480 e. The van der Waals surface area contributed by atoms with Crippen LogP contribution < -0.4 is 4.90 Å². The molecular weight excluding hydrogens is 332 g/mol. The molecule has 0 spiro atoms. The molecule has 1 aromatic rings. The second kappa shape index (κ2) is 5.56. The largest absolute Gasteiger partial charge is 0.480 e. The molecule has 2 heterocycles. The fourth-order valence-corrected chi connectivity index (χ4v) is 4.89. The number of carbonyl (C=O) groups is 2. The molecule has 24 heavy (non-hydrogen) atoms. The number of carboxylic acid groups (broad SMARTS) is 1. The Morgan fingerprint density at radius 3 is 2.46 bits per heavy atom. The van der Waals surface area contributed by atoms with Crippen LogP contribution in [0.3, 0.4) is 0 Å². The Morgan fingerprint density at radius 2 is 1.88 bits per heavy atom. The fraction of sp³-hybridized carbons (Fsp3) is 0.500. The Labute approximate surface area is 140 Å². The predicted molar refractivity (Wildman–Crippen MR) is 87.4 cm³/mol. The Balaban J connectivity index is 2.06. The van der Waals surface area contributed by atoms with Crippen LogP contribution in [0.1, 0.15) is 32.3 Å². The fourth-order valence-electron chi connectivity index (χ4n) is 3.34. The molecule has 0 saturated carbocycles. The van der Waals surface area contributed by atoms with E-state index in [-0.39, 0.29) is 10.8 Å². The lowest BCUT2D eigenvalue weighted by Crippen LogP contribution is -2.39. The van der Waals surface area contributed by atoms with Gasteiger partial charge in [0.15, 0.2) is 0 Å². The van der Waals surface area contributed by atoms with Crippen LogP contribution in [0.15, 0.2) is 23.1 Å². The zero-order chi connectivity index (χ0) is 17.7. The maximum absolute atomic E-state index is 12.7. The van der Waals surface area contributed by atoms with Gasteiger partial charge in [0, 0.05) is 18.8 Å². The lowest BCUT2D eigenvalue weighted by atomic mass is 9.86. The first-order valence-electron chi connectivity index (χ1n) is 7.84. The van der Waals surface area contributed by atoms with Crippen molar-refractivity contribution in [2.24, 2.45) is 0 Å². The van der Waals surface area contributed by atoms with Gasteiger partial charge in [-0.15, -0.1) is 0 Å². The summed E-state index contributed by atoms with van der Waals surface area (Å²) < 4.78 is 26.9. The highest BCUT2D eigenvalue weighted by atomic mass is 32.2. The second-order valence-electron chi connectivity index (χ2n) is 6.70. The third-order valence-electron chi connectivity index (χ3n) is 4.71. The molecule has 7 nitrogen and oxygen atoms in total. The smallest absolute Gasteiger partial charge is 0.323 e. The van der Waals surface area contributed by atoms with E-state index < -0.39 is 28.0 Å². The van der Waals surface area contributed by atoms with Crippen LogP contribution in [0.4, 0.5) is 5.69 Å². The predicted octanol–water partition coefficient (Wildman–Crippen LogP) is 1.18. The number of carbonyl (C=O) groups excluding carboxylic acids is 1. The number of hydrogen-bond acceptors (Lipinski definition) is 4. The molecule has 130 valence electrons. The summed E-state index contributed by atoms with van der Waals surface area (Å²) in [4.78, 5) is 24.9. The molecule has 0 atom stereocenters. The summed E-state index contributed by atoms with van der Waals surface area (Å²) in [5.41, 5.74) is 0.0585. The van der Waals surface area contributed by atoms with Gasteiger partial charge in [-0.1, -0.05) is 0 Å². The molecule has 8 heteroatoms. The number of hydrogen-bond donors (Lipinski definition) is 1. The topological polar surface area (TPSA) is 95.0 Å². The van der Waals surface area contributed by atoms with Crippen molar-refractivity contribution in [1.29, 1.82) is 0 Å². The molecule has 0 radical (unpaired) electrons. The highest BCUT2D eigenvalue weighted by Gasteiger charge is 2.45. The van der Waals surface area contributed by atoms with Crippen molar-refractivity contribution in [2.45, 2.75) is 37.0 Å². The van der Waals surface area contributed by atoms with Gasteiger partial charge in [-0.25, -0.2) is 8.42 Å². The van der Waals surface area contributed by atoms with Crippen LogP contribution in [0.25, 0.3) is 0 Å². The average molecular weight is 352 g/mol. The van der Waals surface area contributed by atoms with Crippen molar-refractivity contribution in [3.05, 3.63) is 23.8 Å². The van der Waals surface area contributed by atoms with E-state index >= 15 is 0 Å². The van der Waals surface area contributed by atoms with Crippen molar-refractivity contribution in [3.63, 3.8) is 0 Å². The van der Waals surface area contributed by atoms with E-state index in [1.807, 2.05) is 0 Å². The molecule has 3 rings (SSSR count). The molecule has 1 amide bonds. The number of sulfonamides is 1. The van der Waals surface area contributed by atoms with E-state index in [4.69, 9.17) is 5.11 Å². The summed E-state index contributed by atoms with van der Waals surface area (Å²) in [5, 5.41) is 9.02. The Kier molecular flexibility index (Phi) is 3.92. The first kappa shape index (κ1) is 16.9. The number of benzene rings is 1. The van der Waals surface area contributed by atoms with Crippen LogP contribution in [0.2, 0.25) is 0 Å². The summed E-state index contributed by atoms with van der Waals surface area (Å²) in [5.74, 6) is -1.45. The van der Waals surface area contributed by atoms with E-state index in [0.717, 1.165) is 12.8 Å². The van der Waals surface area contributed by atoms with Crippen LogP contribution in [0.5, 0.6) is 0 Å². The van der Waals surface area contributed by atoms with E-state index in [9.17, 15) is 18.0 Å². The van der Waals surface area contributed by atoms with Gasteiger partial charge in [-0.3, -0.25) is 9.59 Å². The first-order valence-corrected chi connectivity index (χ1v) is 9.28. The van der Waals surface area contributed by atoms with Gasteiger partial charge in [0.05, 0.1) is 10.3 Å². The van der Waals surface area contributed by atoms with E-state index in [2.05, 4.69) is 0 Å². The second-order valence-corrected chi connectivity index (χ2v) is 8.64. The molecule has 2 aliphatic rings. The molecule has 1 fully saturated rings. The highest BCUT2D eigenvalue weighted by molar-refractivity contribution is 7.89. The van der Waals surface area contributed by atoms with Gasteiger partial charge in [0.1, 0.15) is 6.54 Å². The highest BCUT2D eigenvalue weighted by Crippen LogP contribution is 2.42. The third kappa shape index (κ3) is 2.50. The summed E-state index contributed by atoms with van der Waals surface area (Å²) in [7, 11) is -3.58. The van der Waals surface area contributed by atoms with Crippen LogP contribution in [-0.2, 0) is 25.0 Å². The summed E-state index contributed by atoms with van der Waals surface area (Å²) in [6.45, 7) is 3.94. The van der Waals surface area contributed by atoms with Crippen LogP contribution in [-0.4, -0.2) is 49.3 Å². The standard InChI is InChI=1S/C16H20N2O5S/c1-16(2)12-9-11(24(22,23)17-7-3-4-8-17)5-6-13(12)18(15(16)21)10-14(19)20/h5-6,9H,3-4,7-8,10H2,1-2H3,(H,19,20). The molecule has 1 aromatic carbocycles. The van der Waals surface area contributed by atoms with Crippen molar-refractivity contribution in [3.8, 4) is 0 Å². The molecular formula is C16H20N2O5S. The SMILES string of the molecule is CC1(C)C(=O)N(CC(=O)O)c2ccc(S(=O)(=O)N3CCCC3)cc21. The van der Waals surface area contributed by atoms with Gasteiger partial charge < -0.3 is 10.0 Å². The molecule has 0 aliphatic carbocycles. The van der Waals surface area contributed by atoms with Crippen LogP contribution >= 0.6 is 0 Å². The van der Waals surface area contributed by atoms with Crippen molar-refractivity contribution < 1.29 is 23.1 Å². The summed E-state index contributed by atoms with van der Waals surface area (Å²) >= 11 is 0. The monoisotopic (exact) mass is 352 g/mol. The van der Waals surface area contributed by atoms with Gasteiger partial charge in [-0.2, -0.15) is 4.31 Å². The maximum atomic E-state index is 12.7. The maximum Gasteiger partial charge on any atom is 0.323 e. The quantitative estimate of drug-likeness (QED) is 0.878. The Hall–Kier alpha value is -1.93. The number of carboxylic acids is 1. The Bertz CT molecular complexity index is 810. The number of amides is 1.